The van der Waals surface area contributed by atoms with Crippen molar-refractivity contribution in [1.82, 2.24) is 20.1 Å². The van der Waals surface area contributed by atoms with Crippen molar-refractivity contribution in [3.8, 4) is 5.75 Å². The Morgan fingerprint density at radius 3 is 2.57 bits per heavy atom. The minimum Gasteiger partial charge on any atom is -0.496 e. The molecule has 0 radical (unpaired) electrons. The van der Waals surface area contributed by atoms with Gasteiger partial charge in [-0.05, 0) is 73.7 Å². The molecular weight excluding hydrogens is 799 g/mol. The molecule has 3 N–H and O–H groups in total. The maximum Gasteiger partial charge on any atom is 0.407 e. The first-order chi connectivity index (χ1) is 30.2. The van der Waals surface area contributed by atoms with Crippen molar-refractivity contribution in [1.29, 1.82) is 0 Å². The highest BCUT2D eigenvalue weighted by Gasteiger charge is 2.78. The highest BCUT2D eigenvalue weighted by atomic mass is 16.6. The van der Waals surface area contributed by atoms with Crippen molar-refractivity contribution in [3.63, 3.8) is 0 Å². The summed E-state index contributed by atoms with van der Waals surface area (Å²) in [5.41, 5.74) is 1.88. The van der Waals surface area contributed by atoms with Gasteiger partial charge in [0.25, 0.3) is 0 Å². The second kappa shape index (κ2) is 16.0. The van der Waals surface area contributed by atoms with Crippen LogP contribution in [0.15, 0.2) is 60.2 Å². The number of H-pyrrole nitrogens is 1. The number of ether oxygens (including phenoxy) is 4. The summed E-state index contributed by atoms with van der Waals surface area (Å²) in [6, 6.07) is 11.6. The van der Waals surface area contributed by atoms with Crippen LogP contribution in [-0.4, -0.2) is 129 Å². The molecule has 1 amide bonds. The van der Waals surface area contributed by atoms with E-state index in [1.165, 1.54) is 19.6 Å². The van der Waals surface area contributed by atoms with Crippen LogP contribution >= 0.6 is 0 Å². The van der Waals surface area contributed by atoms with Gasteiger partial charge in [0.05, 0.1) is 20.3 Å². The number of hydrogen-bond donors (Lipinski definition) is 3. The number of carbonyl (C=O) groups excluding carboxylic acids is 3. The molecule has 13 nitrogen and oxygen atoms in total. The second-order valence-corrected chi connectivity index (χ2v) is 19.5. The van der Waals surface area contributed by atoms with E-state index < -0.39 is 52.7 Å². The number of esters is 2. The quantitative estimate of drug-likeness (QED) is 0.125. The molecule has 2 fully saturated rings. The molecule has 3 aromatic rings. The summed E-state index contributed by atoms with van der Waals surface area (Å²) in [5.74, 6) is -0.151. The van der Waals surface area contributed by atoms with Crippen molar-refractivity contribution in [3.05, 3.63) is 82.6 Å². The largest absolute Gasteiger partial charge is 0.496 e. The first-order valence-electron chi connectivity index (χ1n) is 23.0. The number of benzene rings is 2. The molecule has 1 saturated carbocycles. The first kappa shape index (κ1) is 43.4. The highest BCUT2D eigenvalue weighted by molar-refractivity contribution is 5.94. The third-order valence-electron chi connectivity index (χ3n) is 15.7. The molecule has 2 bridgehead atoms. The van der Waals surface area contributed by atoms with Gasteiger partial charge in [0.2, 0.25) is 0 Å². The zero-order valence-corrected chi connectivity index (χ0v) is 38.2. The summed E-state index contributed by atoms with van der Waals surface area (Å²) in [5, 5.41) is 17.7. The van der Waals surface area contributed by atoms with Crippen LogP contribution in [-0.2, 0) is 41.1 Å². The Bertz CT molecular complexity index is 2370. The number of methoxy groups -OCH3 is 2. The molecule has 1 aromatic heterocycles. The van der Waals surface area contributed by atoms with Crippen molar-refractivity contribution in [2.24, 2.45) is 17.3 Å². The Hall–Kier alpha value is -4.85. The molecule has 2 aromatic carbocycles. The SMILES string of the molecule is CCC1=C[C@@H]2CN(CCc3c([nH]c4ccccc34)[C@@](C(=O)OC)(c3cc4c(cc3OC)N(C)[C@H]3C(O)(COC(=O)NCC(C)C)[C@H](OC(C)=O)[C@]5(CC)C=CCN6CC[C@]43C65)C2)C1. The number of para-hydroxylation sites is 1. The van der Waals surface area contributed by atoms with E-state index in [-0.39, 0.29) is 23.8 Å². The lowest BCUT2D eigenvalue weighted by molar-refractivity contribution is -0.228. The number of alkyl carbamates (subject to hydrolysis) is 1. The maximum absolute atomic E-state index is 15.4. The Labute approximate surface area is 371 Å². The molecule has 13 heteroatoms. The molecule has 6 aliphatic rings. The van der Waals surface area contributed by atoms with Gasteiger partial charge < -0.3 is 39.3 Å². The number of likely N-dealkylation sites (N-methyl/N-ethyl adjacent to an activating group) is 1. The predicted molar refractivity (Wildman–Crippen MR) is 241 cm³/mol. The highest BCUT2D eigenvalue weighted by Crippen LogP contribution is 2.68. The van der Waals surface area contributed by atoms with E-state index in [1.807, 2.05) is 33.0 Å². The average Bonchev–Trinajstić information content (AvgIpc) is 3.94. The molecule has 5 aliphatic heterocycles. The molecular formula is C50H65N5O8. The van der Waals surface area contributed by atoms with Gasteiger partial charge in [-0.1, -0.05) is 69.7 Å². The zero-order chi connectivity index (χ0) is 44.6. The van der Waals surface area contributed by atoms with Crippen LogP contribution in [0.25, 0.3) is 10.9 Å². The van der Waals surface area contributed by atoms with Gasteiger partial charge in [0.15, 0.2) is 5.60 Å². The van der Waals surface area contributed by atoms with Gasteiger partial charge in [-0.25, -0.2) is 4.79 Å². The number of anilines is 1. The number of carbonyl (C=O) groups is 3. The van der Waals surface area contributed by atoms with E-state index >= 15 is 4.79 Å². The lowest BCUT2D eigenvalue weighted by Crippen LogP contribution is -2.80. The third-order valence-corrected chi connectivity index (χ3v) is 15.7. The van der Waals surface area contributed by atoms with Crippen LogP contribution in [0, 0.1) is 17.3 Å². The Kier molecular flexibility index (Phi) is 11.0. The summed E-state index contributed by atoms with van der Waals surface area (Å²) in [6.07, 6.45) is 8.24. The number of aromatic amines is 1. The minimum absolute atomic E-state index is 0.0261. The van der Waals surface area contributed by atoms with Crippen LogP contribution < -0.4 is 15.0 Å². The van der Waals surface area contributed by atoms with Crippen molar-refractivity contribution < 1.29 is 38.4 Å². The minimum atomic E-state index is -1.89. The fraction of sp³-hybridized carbons (Fsp3) is 0.580. The van der Waals surface area contributed by atoms with Gasteiger partial charge in [-0.2, -0.15) is 0 Å². The van der Waals surface area contributed by atoms with Gasteiger partial charge in [0.1, 0.15) is 23.9 Å². The maximum atomic E-state index is 15.4. The first-order valence-corrected chi connectivity index (χ1v) is 23.0. The number of nitrogens with one attached hydrogen (secondary N) is 2. The number of hydrogen-bond acceptors (Lipinski definition) is 11. The number of amides is 1. The van der Waals surface area contributed by atoms with Gasteiger partial charge in [-0.15, -0.1) is 0 Å². The molecule has 9 rings (SSSR count). The van der Waals surface area contributed by atoms with E-state index in [4.69, 9.17) is 18.9 Å². The van der Waals surface area contributed by atoms with Crippen LogP contribution in [0.4, 0.5) is 10.5 Å². The van der Waals surface area contributed by atoms with E-state index in [0.29, 0.717) is 43.7 Å². The number of aromatic nitrogens is 1. The summed E-state index contributed by atoms with van der Waals surface area (Å²) in [6.45, 7) is 13.6. The fourth-order valence-corrected chi connectivity index (χ4v) is 13.5. The Balaban J connectivity index is 1.32. The predicted octanol–water partition coefficient (Wildman–Crippen LogP) is 6.01. The average molecular weight is 864 g/mol. The molecule has 3 unspecified atom stereocenters. The molecule has 338 valence electrons. The smallest absolute Gasteiger partial charge is 0.407 e. The van der Waals surface area contributed by atoms with Crippen molar-refractivity contribution in [2.75, 3.05) is 72.0 Å². The summed E-state index contributed by atoms with van der Waals surface area (Å²) < 4.78 is 24.8. The van der Waals surface area contributed by atoms with Gasteiger partial charge >= 0.3 is 18.0 Å². The monoisotopic (exact) mass is 863 g/mol. The van der Waals surface area contributed by atoms with Gasteiger partial charge in [-0.3, -0.25) is 19.4 Å². The second-order valence-electron chi connectivity index (χ2n) is 19.5. The summed E-state index contributed by atoms with van der Waals surface area (Å²) in [4.78, 5) is 52.9. The van der Waals surface area contributed by atoms with Gasteiger partial charge in [0, 0.05) is 97.5 Å². The standard InChI is InChI=1S/C50H65N5O8/c1-9-32-22-33-25-49(45(57)61-8,41-35(16-20-54(27-32)28-33)34-14-11-12-15-38(34)52-41)37-23-36-39(24-40(37)60-7)53(6)43-48(36)18-21-55-19-13-17-47(10-2,42(48)55)44(63-31(5)56)50(43,59)29-62-46(58)51-26-30(3)4/h11-15,17,22-24,30,33,42-44,52,59H,9-10,16,18-21,25-29H2,1-8H3,(H,51,58)/t33-,42?,43+,44+,47+,48+,49-,50?/m0/s1. The van der Waals surface area contributed by atoms with Crippen molar-refractivity contribution in [2.45, 2.75) is 101 Å². The normalized spacial score (nSPS) is 33.0. The Morgan fingerprint density at radius 2 is 1.86 bits per heavy atom. The Morgan fingerprint density at radius 1 is 1.06 bits per heavy atom. The van der Waals surface area contributed by atoms with E-state index in [1.54, 1.807) is 7.11 Å². The van der Waals surface area contributed by atoms with Crippen molar-refractivity contribution >= 4 is 34.6 Å². The van der Waals surface area contributed by atoms with Crippen LogP contribution in [0.1, 0.15) is 82.7 Å². The number of fused-ring (bicyclic) bond motifs is 6. The number of aliphatic hydroxyl groups is 1. The molecule has 1 saturated heterocycles. The summed E-state index contributed by atoms with van der Waals surface area (Å²) in [7, 11) is 5.09. The van der Waals surface area contributed by atoms with E-state index in [0.717, 1.165) is 72.4 Å². The lowest BCUT2D eigenvalue weighted by atomic mass is 9.47. The molecule has 6 heterocycles. The van der Waals surface area contributed by atoms with E-state index in [9.17, 15) is 14.7 Å². The third kappa shape index (κ3) is 6.37. The van der Waals surface area contributed by atoms with Crippen LogP contribution in [0.2, 0.25) is 0 Å². The number of rotatable bonds is 10. The zero-order valence-electron chi connectivity index (χ0n) is 38.2. The molecule has 63 heavy (non-hydrogen) atoms. The number of nitrogens with zero attached hydrogens (tertiary/aromatic N) is 3. The fourth-order valence-electron chi connectivity index (χ4n) is 13.5. The van der Waals surface area contributed by atoms with E-state index in [2.05, 4.69) is 81.3 Å². The molecule has 1 spiro atoms. The molecule has 9 atom stereocenters. The van der Waals surface area contributed by atoms with Crippen LogP contribution in [0.3, 0.4) is 0 Å². The lowest BCUT2D eigenvalue weighted by Gasteiger charge is -2.64. The molecule has 1 aliphatic carbocycles. The summed E-state index contributed by atoms with van der Waals surface area (Å²) >= 11 is 0. The van der Waals surface area contributed by atoms with Crippen LogP contribution in [0.5, 0.6) is 5.75 Å². The topological polar surface area (TPSA) is 146 Å².